The van der Waals surface area contributed by atoms with Crippen LogP contribution in [0.5, 0.6) is 0 Å². The Hall–Kier alpha value is -2.44. The molecule has 1 aliphatic carbocycles. The highest BCUT2D eigenvalue weighted by atomic mass is 32.2. The number of aryl methyl sites for hydroxylation is 1. The first-order valence-corrected chi connectivity index (χ1v) is 10.0. The molecule has 1 amide bonds. The van der Waals surface area contributed by atoms with Crippen LogP contribution in [0.25, 0.3) is 11.2 Å². The highest BCUT2D eigenvalue weighted by molar-refractivity contribution is 8.00. The van der Waals surface area contributed by atoms with Crippen molar-refractivity contribution in [3.8, 4) is 6.07 Å². The third-order valence-electron chi connectivity index (χ3n) is 4.37. The summed E-state index contributed by atoms with van der Waals surface area (Å²) in [6.07, 6.45) is 7.17. The number of fused-ring (bicyclic) bond motifs is 2. The quantitative estimate of drug-likeness (QED) is 0.528. The third kappa shape index (κ3) is 3.06. The molecule has 7 nitrogen and oxygen atoms in total. The number of H-pyrrole nitrogens is 1. The van der Waals surface area contributed by atoms with E-state index < -0.39 is 0 Å². The lowest BCUT2D eigenvalue weighted by Crippen LogP contribution is -2.22. The number of amides is 1. The molecule has 0 radical (unpaired) electrons. The second kappa shape index (κ2) is 7.05. The molecule has 132 valence electrons. The molecule has 26 heavy (non-hydrogen) atoms. The van der Waals surface area contributed by atoms with E-state index in [2.05, 4.69) is 31.3 Å². The Morgan fingerprint density at radius 1 is 1.38 bits per heavy atom. The Morgan fingerprint density at radius 3 is 3.08 bits per heavy atom. The molecule has 3 aromatic heterocycles. The van der Waals surface area contributed by atoms with Crippen LogP contribution in [-0.2, 0) is 17.6 Å². The molecule has 0 fully saturated rings. The van der Waals surface area contributed by atoms with E-state index in [0.717, 1.165) is 36.8 Å². The van der Waals surface area contributed by atoms with Crippen LogP contribution in [0.1, 0.15) is 35.8 Å². The number of carbonyl (C=O) groups is 1. The maximum absolute atomic E-state index is 12.7. The van der Waals surface area contributed by atoms with Gasteiger partial charge in [-0.1, -0.05) is 11.8 Å². The minimum atomic E-state index is -0.373. The van der Waals surface area contributed by atoms with Crippen molar-refractivity contribution in [1.29, 1.82) is 5.26 Å². The highest BCUT2D eigenvalue weighted by Gasteiger charge is 2.24. The van der Waals surface area contributed by atoms with Gasteiger partial charge in [0.2, 0.25) is 5.91 Å². The molecule has 0 saturated heterocycles. The maximum atomic E-state index is 12.7. The fourth-order valence-electron chi connectivity index (χ4n) is 3.04. The van der Waals surface area contributed by atoms with E-state index in [-0.39, 0.29) is 11.2 Å². The number of thioether (sulfide) groups is 1. The summed E-state index contributed by atoms with van der Waals surface area (Å²) in [7, 11) is 0. The molecule has 9 heteroatoms. The molecule has 0 saturated carbocycles. The molecule has 1 aliphatic rings. The summed E-state index contributed by atoms with van der Waals surface area (Å²) in [6.45, 7) is 1.82. The van der Waals surface area contributed by atoms with Gasteiger partial charge in [-0.25, -0.2) is 15.0 Å². The summed E-state index contributed by atoms with van der Waals surface area (Å²) in [5.41, 5.74) is 3.05. The van der Waals surface area contributed by atoms with Gasteiger partial charge in [0, 0.05) is 4.88 Å². The first kappa shape index (κ1) is 17.0. The van der Waals surface area contributed by atoms with E-state index in [9.17, 15) is 10.1 Å². The van der Waals surface area contributed by atoms with Gasteiger partial charge in [0.1, 0.15) is 27.9 Å². The van der Waals surface area contributed by atoms with Gasteiger partial charge in [-0.05, 0) is 38.2 Å². The third-order valence-corrected chi connectivity index (χ3v) is 6.67. The zero-order chi connectivity index (χ0) is 18.1. The molecule has 2 N–H and O–H groups in total. The minimum absolute atomic E-state index is 0.142. The number of aromatic amines is 1. The van der Waals surface area contributed by atoms with Gasteiger partial charge in [0.05, 0.1) is 17.1 Å². The Morgan fingerprint density at radius 2 is 2.23 bits per heavy atom. The molecule has 3 aromatic rings. The second-order valence-electron chi connectivity index (χ2n) is 6.06. The van der Waals surface area contributed by atoms with Gasteiger partial charge in [-0.3, -0.25) is 4.79 Å². The number of nitriles is 1. The second-order valence-corrected chi connectivity index (χ2v) is 8.49. The van der Waals surface area contributed by atoms with Crippen molar-refractivity contribution in [3.63, 3.8) is 0 Å². The van der Waals surface area contributed by atoms with Crippen LogP contribution in [-0.4, -0.2) is 31.1 Å². The van der Waals surface area contributed by atoms with Crippen LogP contribution in [0, 0.1) is 11.3 Å². The topological polar surface area (TPSA) is 107 Å². The Balaban J connectivity index is 1.52. The van der Waals surface area contributed by atoms with E-state index in [0.29, 0.717) is 21.2 Å². The molecular formula is C17H16N6OS2. The number of rotatable bonds is 4. The van der Waals surface area contributed by atoms with E-state index in [1.54, 1.807) is 6.33 Å². The summed E-state index contributed by atoms with van der Waals surface area (Å²) in [4.78, 5) is 29.3. The van der Waals surface area contributed by atoms with Crippen molar-refractivity contribution in [2.24, 2.45) is 0 Å². The molecule has 0 spiro atoms. The van der Waals surface area contributed by atoms with E-state index >= 15 is 0 Å². The number of hydrogen-bond acceptors (Lipinski definition) is 7. The summed E-state index contributed by atoms with van der Waals surface area (Å²) in [5.74, 6) is -0.142. The lowest BCUT2D eigenvalue weighted by atomic mass is 9.96. The van der Waals surface area contributed by atoms with E-state index in [1.807, 2.05) is 6.92 Å². The molecular weight excluding hydrogens is 368 g/mol. The molecule has 4 rings (SSSR count). The first-order chi connectivity index (χ1) is 12.7. The van der Waals surface area contributed by atoms with Gasteiger partial charge >= 0.3 is 0 Å². The van der Waals surface area contributed by atoms with Crippen molar-refractivity contribution in [3.05, 3.63) is 28.7 Å². The number of carbonyl (C=O) groups excluding carboxylic acids is 1. The number of aromatic nitrogens is 4. The van der Waals surface area contributed by atoms with Gasteiger partial charge in [0.15, 0.2) is 5.65 Å². The summed E-state index contributed by atoms with van der Waals surface area (Å²) < 4.78 is 0. The summed E-state index contributed by atoms with van der Waals surface area (Å²) >= 11 is 2.88. The molecule has 0 unspecified atom stereocenters. The largest absolute Gasteiger partial charge is 0.341 e. The molecule has 0 bridgehead atoms. The van der Waals surface area contributed by atoms with E-state index in [1.165, 1.54) is 34.3 Å². The number of hydrogen-bond donors (Lipinski definition) is 2. The Labute approximate surface area is 158 Å². The predicted octanol–water partition coefficient (Wildman–Crippen LogP) is 3.28. The SMILES string of the molecule is C[C@@H](Sc1ncnc2nc[nH]c12)C(=O)Nc1sc2c(c1C#N)CCCC2. The van der Waals surface area contributed by atoms with Crippen molar-refractivity contribution in [2.45, 2.75) is 42.9 Å². The number of anilines is 1. The smallest absolute Gasteiger partial charge is 0.238 e. The van der Waals surface area contributed by atoms with Crippen LogP contribution in [0.15, 0.2) is 17.7 Å². The van der Waals surface area contributed by atoms with Crippen LogP contribution in [0.4, 0.5) is 5.00 Å². The molecule has 0 aliphatic heterocycles. The summed E-state index contributed by atoms with van der Waals surface area (Å²) in [6, 6.07) is 2.27. The highest BCUT2D eigenvalue weighted by Crippen LogP contribution is 2.38. The van der Waals surface area contributed by atoms with Crippen molar-refractivity contribution in [1.82, 2.24) is 19.9 Å². The normalized spacial score (nSPS) is 14.6. The fraction of sp³-hybridized carbons (Fsp3) is 0.353. The fourth-order valence-corrected chi connectivity index (χ4v) is 5.16. The van der Waals surface area contributed by atoms with Gasteiger partial charge in [0.25, 0.3) is 0 Å². The standard InChI is InChI=1S/C17H16N6OS2/c1-9(25-17-13-14(20-7-19-13)21-8-22-17)15(24)23-16-11(6-18)10-4-2-3-5-12(10)26-16/h7-9H,2-5H2,1H3,(H,23,24)(H,19,20,21,22)/t9-/m1/s1. The van der Waals surface area contributed by atoms with Gasteiger partial charge in [-0.2, -0.15) is 5.26 Å². The van der Waals surface area contributed by atoms with Crippen LogP contribution in [0.2, 0.25) is 0 Å². The lowest BCUT2D eigenvalue weighted by Gasteiger charge is -2.11. The number of nitrogens with one attached hydrogen (secondary N) is 2. The number of nitrogens with zero attached hydrogens (tertiary/aromatic N) is 4. The Kier molecular flexibility index (Phi) is 4.61. The predicted molar refractivity (Wildman–Crippen MR) is 101 cm³/mol. The van der Waals surface area contributed by atoms with Crippen LogP contribution in [0.3, 0.4) is 0 Å². The van der Waals surface area contributed by atoms with Crippen LogP contribution < -0.4 is 5.32 Å². The Bertz CT molecular complexity index is 1020. The van der Waals surface area contributed by atoms with Crippen molar-refractivity contribution >= 4 is 45.2 Å². The number of imidazole rings is 1. The zero-order valence-electron chi connectivity index (χ0n) is 14.1. The average molecular weight is 384 g/mol. The molecule has 3 heterocycles. The van der Waals surface area contributed by atoms with Crippen molar-refractivity contribution < 1.29 is 4.79 Å². The van der Waals surface area contributed by atoms with Crippen molar-refractivity contribution in [2.75, 3.05) is 5.32 Å². The van der Waals surface area contributed by atoms with Crippen LogP contribution >= 0.6 is 23.1 Å². The zero-order valence-corrected chi connectivity index (χ0v) is 15.7. The maximum Gasteiger partial charge on any atom is 0.238 e. The minimum Gasteiger partial charge on any atom is -0.341 e. The summed E-state index contributed by atoms with van der Waals surface area (Å²) in [5, 5.41) is 13.4. The molecule has 1 atom stereocenters. The van der Waals surface area contributed by atoms with Gasteiger partial charge < -0.3 is 10.3 Å². The van der Waals surface area contributed by atoms with Gasteiger partial charge in [-0.15, -0.1) is 11.3 Å². The lowest BCUT2D eigenvalue weighted by molar-refractivity contribution is -0.115. The average Bonchev–Trinajstić information content (AvgIpc) is 3.25. The monoisotopic (exact) mass is 384 g/mol. The van der Waals surface area contributed by atoms with E-state index in [4.69, 9.17) is 0 Å². The molecule has 0 aromatic carbocycles. The number of thiophene rings is 1. The first-order valence-electron chi connectivity index (χ1n) is 8.33.